The van der Waals surface area contributed by atoms with Crippen LogP contribution in [-0.2, 0) is 11.3 Å². The van der Waals surface area contributed by atoms with Crippen LogP contribution in [0.1, 0.15) is 122 Å². The first-order valence-electron chi connectivity index (χ1n) is 16.5. The highest BCUT2D eigenvalue weighted by Gasteiger charge is 2.14. The molecule has 0 saturated carbocycles. The lowest BCUT2D eigenvalue weighted by Crippen LogP contribution is -2.25. The highest BCUT2D eigenvalue weighted by molar-refractivity contribution is 6.30. The van der Waals surface area contributed by atoms with Crippen molar-refractivity contribution >= 4 is 23.0 Å². The van der Waals surface area contributed by atoms with Crippen molar-refractivity contribution in [2.24, 2.45) is 4.99 Å². The summed E-state index contributed by atoms with van der Waals surface area (Å²) in [5.41, 5.74) is 6.37. The average molecular weight is 627 g/mol. The molecule has 0 bridgehead atoms. The Labute approximate surface area is 272 Å². The van der Waals surface area contributed by atoms with E-state index < -0.39 is 0 Å². The van der Waals surface area contributed by atoms with Gasteiger partial charge in [0.05, 0.1) is 11.8 Å². The Hall–Kier alpha value is -2.76. The molecule has 2 heterocycles. The minimum absolute atomic E-state index is 0.145. The lowest BCUT2D eigenvalue weighted by atomic mass is 9.94. The van der Waals surface area contributed by atoms with Crippen molar-refractivity contribution in [2.45, 2.75) is 126 Å². The summed E-state index contributed by atoms with van der Waals surface area (Å²) in [6, 6.07) is 16.8. The van der Waals surface area contributed by atoms with E-state index in [1.165, 1.54) is 35.7 Å². The summed E-state index contributed by atoms with van der Waals surface area (Å²) in [4.78, 5) is 9.14. The summed E-state index contributed by atoms with van der Waals surface area (Å²) in [6.45, 7) is 20.1. The normalized spacial score (nSPS) is 13.8. The number of aromatic nitrogens is 1. The standard InChI is InChI=1S/C19H23ClFNO.C12H17N.C5H10O.C2H6/c1-3-6-14(7-4-2)18-8-5-9-19(22-18)23-13-15-10-11-16(20)12-17(15)21;1-5-11(4)13-12-7-6-9(2)8-10(12)3;1-2-5-3-4-6-5;1-2/h5,8-12,14H,3-4,6-7,13H2,1-2H3;6-8H,5H2,1-4H3;5H,2-4H2,1H3;1-2H3. The van der Waals surface area contributed by atoms with E-state index >= 15 is 0 Å². The topological polar surface area (TPSA) is 43.7 Å². The molecule has 0 spiro atoms. The minimum Gasteiger partial charge on any atom is -0.473 e. The first-order chi connectivity index (χ1) is 21.2. The molecule has 244 valence electrons. The van der Waals surface area contributed by atoms with Crippen molar-refractivity contribution in [1.29, 1.82) is 0 Å². The average Bonchev–Trinajstić information content (AvgIpc) is 2.99. The zero-order valence-electron chi connectivity index (χ0n) is 28.7. The number of rotatable bonds is 11. The van der Waals surface area contributed by atoms with Gasteiger partial charge in [-0.15, -0.1) is 0 Å². The van der Waals surface area contributed by atoms with E-state index in [2.05, 4.69) is 76.6 Å². The summed E-state index contributed by atoms with van der Waals surface area (Å²) in [6.07, 6.45) is 8.63. The number of hydrogen-bond donors (Lipinski definition) is 0. The Bertz CT molecular complexity index is 1230. The van der Waals surface area contributed by atoms with E-state index in [1.54, 1.807) is 12.1 Å². The molecule has 0 amide bonds. The van der Waals surface area contributed by atoms with Crippen LogP contribution in [0.2, 0.25) is 5.02 Å². The second-order valence-electron chi connectivity index (χ2n) is 10.9. The number of ether oxygens (including phenoxy) is 2. The summed E-state index contributed by atoms with van der Waals surface area (Å²) in [5.74, 6) is 0.637. The molecule has 0 radical (unpaired) electrons. The molecule has 44 heavy (non-hydrogen) atoms. The van der Waals surface area contributed by atoms with E-state index in [-0.39, 0.29) is 12.4 Å². The van der Waals surface area contributed by atoms with Gasteiger partial charge in [0.15, 0.2) is 0 Å². The van der Waals surface area contributed by atoms with Gasteiger partial charge >= 0.3 is 0 Å². The fourth-order valence-electron chi connectivity index (χ4n) is 4.49. The Kier molecular flexibility index (Phi) is 20.3. The molecule has 4 rings (SSSR count). The molecule has 2 aromatic carbocycles. The maximum atomic E-state index is 13.8. The summed E-state index contributed by atoms with van der Waals surface area (Å²) in [7, 11) is 0. The molecule has 1 saturated heterocycles. The SMILES string of the molecule is CC.CCC(C)=Nc1ccc(C)cc1C.CCC1CCO1.CCCC(CCC)c1cccc(OCc2ccc(Cl)cc2F)n1. The zero-order valence-corrected chi connectivity index (χ0v) is 29.4. The molecule has 6 heteroatoms. The summed E-state index contributed by atoms with van der Waals surface area (Å²) in [5, 5.41) is 0.383. The number of aryl methyl sites for hydroxylation is 2. The number of halogens is 2. The predicted molar refractivity (Wildman–Crippen MR) is 188 cm³/mol. The van der Waals surface area contributed by atoms with Crippen LogP contribution in [-0.4, -0.2) is 23.4 Å². The van der Waals surface area contributed by atoms with Crippen molar-refractivity contribution in [3.63, 3.8) is 0 Å². The molecular weight excluding hydrogens is 571 g/mol. The van der Waals surface area contributed by atoms with Gasteiger partial charge < -0.3 is 9.47 Å². The molecule has 1 fully saturated rings. The van der Waals surface area contributed by atoms with Crippen LogP contribution < -0.4 is 4.74 Å². The van der Waals surface area contributed by atoms with Crippen molar-refractivity contribution in [2.75, 3.05) is 6.61 Å². The molecule has 1 atom stereocenters. The lowest BCUT2D eigenvalue weighted by molar-refractivity contribution is -0.0516. The van der Waals surface area contributed by atoms with Gasteiger partial charge in [-0.05, 0) is 82.7 Å². The third-order valence-electron chi connectivity index (χ3n) is 7.25. The van der Waals surface area contributed by atoms with Gasteiger partial charge in [0, 0.05) is 40.6 Å². The molecule has 4 nitrogen and oxygen atoms in total. The largest absolute Gasteiger partial charge is 0.473 e. The third kappa shape index (κ3) is 14.8. The molecule has 1 aliphatic heterocycles. The summed E-state index contributed by atoms with van der Waals surface area (Å²) < 4.78 is 24.5. The number of nitrogens with zero attached hydrogens (tertiary/aromatic N) is 2. The monoisotopic (exact) mass is 626 g/mol. The molecule has 3 aromatic rings. The fourth-order valence-corrected chi connectivity index (χ4v) is 4.65. The van der Waals surface area contributed by atoms with Gasteiger partial charge in [-0.25, -0.2) is 9.37 Å². The summed E-state index contributed by atoms with van der Waals surface area (Å²) >= 11 is 5.76. The molecule has 0 aliphatic carbocycles. The van der Waals surface area contributed by atoms with Crippen molar-refractivity contribution < 1.29 is 13.9 Å². The zero-order chi connectivity index (χ0) is 32.9. The molecule has 0 N–H and O–H groups in total. The van der Waals surface area contributed by atoms with E-state index in [1.807, 2.05) is 32.0 Å². The quantitative estimate of drug-likeness (QED) is 0.199. The molecule has 1 aromatic heterocycles. The fraction of sp³-hybridized carbons (Fsp3) is 0.526. The van der Waals surface area contributed by atoms with Crippen LogP contribution in [0, 0.1) is 19.7 Å². The van der Waals surface area contributed by atoms with E-state index in [9.17, 15) is 4.39 Å². The first-order valence-corrected chi connectivity index (χ1v) is 16.8. The van der Waals surface area contributed by atoms with Crippen molar-refractivity contribution in [1.82, 2.24) is 4.98 Å². The van der Waals surface area contributed by atoms with Crippen LogP contribution in [0.3, 0.4) is 0 Å². The number of hydrogen-bond acceptors (Lipinski definition) is 4. The third-order valence-corrected chi connectivity index (χ3v) is 7.49. The number of benzene rings is 2. The smallest absolute Gasteiger partial charge is 0.213 e. The second kappa shape index (κ2) is 22.7. The van der Waals surface area contributed by atoms with Crippen LogP contribution in [0.5, 0.6) is 5.88 Å². The van der Waals surface area contributed by atoms with Gasteiger partial charge in [0.2, 0.25) is 5.88 Å². The van der Waals surface area contributed by atoms with Crippen LogP contribution in [0.4, 0.5) is 10.1 Å². The lowest BCUT2D eigenvalue weighted by Gasteiger charge is -2.24. The Morgan fingerprint density at radius 2 is 1.70 bits per heavy atom. The van der Waals surface area contributed by atoms with Gasteiger partial charge in [-0.3, -0.25) is 4.99 Å². The molecular formula is C38H56ClFN2O2. The first kappa shape index (κ1) is 39.3. The maximum absolute atomic E-state index is 13.8. The Morgan fingerprint density at radius 3 is 2.20 bits per heavy atom. The number of aliphatic imine (C=N–C) groups is 1. The van der Waals surface area contributed by atoms with Crippen molar-refractivity contribution in [3.05, 3.63) is 87.8 Å². The Balaban J connectivity index is 0.000000384. The number of pyridine rings is 1. The minimum atomic E-state index is -0.358. The predicted octanol–water partition coefficient (Wildman–Crippen LogP) is 12.2. The van der Waals surface area contributed by atoms with Crippen LogP contribution in [0.15, 0.2) is 59.6 Å². The Morgan fingerprint density at radius 1 is 1.02 bits per heavy atom. The van der Waals surface area contributed by atoms with E-state index in [0.29, 0.717) is 28.5 Å². The van der Waals surface area contributed by atoms with Crippen LogP contribution in [0.25, 0.3) is 0 Å². The van der Waals surface area contributed by atoms with Crippen molar-refractivity contribution in [3.8, 4) is 5.88 Å². The molecule has 1 aliphatic rings. The highest BCUT2D eigenvalue weighted by Crippen LogP contribution is 2.26. The second-order valence-corrected chi connectivity index (χ2v) is 11.3. The molecule has 1 unspecified atom stereocenters. The van der Waals surface area contributed by atoms with Gasteiger partial charge in [0.1, 0.15) is 12.4 Å². The maximum Gasteiger partial charge on any atom is 0.213 e. The highest BCUT2D eigenvalue weighted by atomic mass is 35.5. The van der Waals surface area contributed by atoms with Gasteiger partial charge in [-0.1, -0.05) is 95.8 Å². The van der Waals surface area contributed by atoms with Gasteiger partial charge in [0.25, 0.3) is 0 Å². The van der Waals surface area contributed by atoms with Crippen LogP contribution >= 0.6 is 11.6 Å². The van der Waals surface area contributed by atoms with E-state index in [4.69, 9.17) is 21.1 Å². The van der Waals surface area contributed by atoms with E-state index in [0.717, 1.165) is 50.1 Å². The van der Waals surface area contributed by atoms with Gasteiger partial charge in [-0.2, -0.15) is 0 Å².